The second-order valence-corrected chi connectivity index (χ2v) is 4.72. The number of benzene rings is 1. The summed E-state index contributed by atoms with van der Waals surface area (Å²) >= 11 is 0. The molecule has 0 radical (unpaired) electrons. The fraction of sp³-hybridized carbons (Fsp3) is 0.500. The highest BCUT2D eigenvalue weighted by atomic mass is 16.1. The van der Waals surface area contributed by atoms with Gasteiger partial charge in [0.25, 0.3) is 0 Å². The van der Waals surface area contributed by atoms with E-state index in [1.54, 1.807) is 0 Å². The van der Waals surface area contributed by atoms with Gasteiger partial charge in [0, 0.05) is 12.0 Å². The Hall–Kier alpha value is -1.11. The molecule has 1 aromatic carbocycles. The number of fused-ring (bicyclic) bond motifs is 3. The number of carbonyl (C=O) groups is 1. The first-order valence-corrected chi connectivity index (χ1v) is 6.03. The molecule has 1 heteroatoms. The van der Waals surface area contributed by atoms with Gasteiger partial charge in [0.05, 0.1) is 0 Å². The molecule has 1 aromatic rings. The average Bonchev–Trinajstić information content (AvgIpc) is 2.51. The maximum atomic E-state index is 11.8. The molecule has 15 heavy (non-hydrogen) atoms. The molecule has 0 amide bonds. The smallest absolute Gasteiger partial charge is 0.163 e. The highest BCUT2D eigenvalue weighted by Crippen LogP contribution is 2.31. The fourth-order valence-electron chi connectivity index (χ4n) is 2.98. The molecule has 0 aromatic heterocycles. The Morgan fingerprint density at radius 1 is 0.800 bits per heavy atom. The lowest BCUT2D eigenvalue weighted by atomic mass is 9.94. The van der Waals surface area contributed by atoms with Crippen molar-refractivity contribution in [1.82, 2.24) is 0 Å². The molecule has 0 aliphatic heterocycles. The molecule has 1 nitrogen and oxygen atoms in total. The van der Waals surface area contributed by atoms with Crippen LogP contribution in [0.2, 0.25) is 0 Å². The first-order chi connectivity index (χ1) is 7.36. The van der Waals surface area contributed by atoms with Crippen LogP contribution in [0.15, 0.2) is 12.1 Å². The minimum Gasteiger partial charge on any atom is -0.294 e. The summed E-state index contributed by atoms with van der Waals surface area (Å²) in [6.45, 7) is 0. The van der Waals surface area contributed by atoms with Gasteiger partial charge in [-0.2, -0.15) is 0 Å². The number of hydrogen-bond donors (Lipinski definition) is 0. The van der Waals surface area contributed by atoms with Crippen LogP contribution in [0.5, 0.6) is 0 Å². The van der Waals surface area contributed by atoms with Gasteiger partial charge in [-0.05, 0) is 48.8 Å². The highest BCUT2D eigenvalue weighted by molar-refractivity contribution is 6.02. The molecule has 0 bridgehead atoms. The predicted molar refractivity (Wildman–Crippen MR) is 60.4 cm³/mol. The zero-order valence-corrected chi connectivity index (χ0v) is 9.01. The van der Waals surface area contributed by atoms with Gasteiger partial charge in [-0.25, -0.2) is 0 Å². The number of ketones is 1. The molecule has 0 atom stereocenters. The third-order valence-electron chi connectivity index (χ3n) is 3.77. The molecular formula is C14H16O. The molecule has 2 aliphatic rings. The number of hydrogen-bond acceptors (Lipinski definition) is 1. The Kier molecular flexibility index (Phi) is 2.12. The van der Waals surface area contributed by atoms with Crippen LogP contribution >= 0.6 is 0 Å². The number of Topliss-reactive ketones (excluding diaryl/α,β-unsaturated/α-hetero) is 1. The first-order valence-electron chi connectivity index (χ1n) is 6.03. The predicted octanol–water partition coefficient (Wildman–Crippen LogP) is 3.08. The van der Waals surface area contributed by atoms with Crippen LogP contribution in [-0.4, -0.2) is 5.78 Å². The zero-order valence-electron chi connectivity index (χ0n) is 9.01. The minimum atomic E-state index is 0.392. The van der Waals surface area contributed by atoms with Gasteiger partial charge in [-0.3, -0.25) is 4.79 Å². The van der Waals surface area contributed by atoms with Crippen LogP contribution in [0.25, 0.3) is 0 Å². The van der Waals surface area contributed by atoms with Crippen LogP contribution in [0, 0.1) is 0 Å². The summed E-state index contributed by atoms with van der Waals surface area (Å²) in [6.07, 6.45) is 7.89. The van der Waals surface area contributed by atoms with Crippen molar-refractivity contribution < 1.29 is 4.79 Å². The minimum absolute atomic E-state index is 0.392. The van der Waals surface area contributed by atoms with Gasteiger partial charge in [0.15, 0.2) is 5.78 Å². The SMILES string of the molecule is O=C1CCc2ccc3c(c21)CCCCC3. The van der Waals surface area contributed by atoms with Crippen molar-refractivity contribution in [2.45, 2.75) is 44.9 Å². The topological polar surface area (TPSA) is 17.1 Å². The molecule has 0 N–H and O–H groups in total. The van der Waals surface area contributed by atoms with Crippen molar-refractivity contribution in [2.24, 2.45) is 0 Å². The van der Waals surface area contributed by atoms with Gasteiger partial charge in [0.1, 0.15) is 0 Å². The Morgan fingerprint density at radius 2 is 1.60 bits per heavy atom. The molecule has 3 rings (SSSR count). The largest absolute Gasteiger partial charge is 0.294 e. The van der Waals surface area contributed by atoms with E-state index in [2.05, 4.69) is 12.1 Å². The van der Waals surface area contributed by atoms with Gasteiger partial charge in [-0.1, -0.05) is 18.6 Å². The summed E-state index contributed by atoms with van der Waals surface area (Å²) in [7, 11) is 0. The second kappa shape index (κ2) is 3.48. The summed E-state index contributed by atoms with van der Waals surface area (Å²) in [5.41, 5.74) is 5.25. The Labute approximate surface area is 90.5 Å². The van der Waals surface area contributed by atoms with E-state index < -0.39 is 0 Å². The van der Waals surface area contributed by atoms with E-state index in [9.17, 15) is 4.79 Å². The van der Waals surface area contributed by atoms with Gasteiger partial charge >= 0.3 is 0 Å². The summed E-state index contributed by atoms with van der Waals surface area (Å²) in [6, 6.07) is 4.45. The van der Waals surface area contributed by atoms with Gasteiger partial charge < -0.3 is 0 Å². The highest BCUT2D eigenvalue weighted by Gasteiger charge is 2.24. The average molecular weight is 200 g/mol. The van der Waals surface area contributed by atoms with Crippen molar-refractivity contribution in [1.29, 1.82) is 0 Å². The fourth-order valence-corrected chi connectivity index (χ4v) is 2.98. The first kappa shape index (κ1) is 9.14. The number of carbonyl (C=O) groups excluding carboxylic acids is 1. The van der Waals surface area contributed by atoms with E-state index in [1.165, 1.54) is 42.4 Å². The summed E-state index contributed by atoms with van der Waals surface area (Å²) in [4.78, 5) is 11.8. The van der Waals surface area contributed by atoms with Crippen LogP contribution in [0.4, 0.5) is 0 Å². The van der Waals surface area contributed by atoms with E-state index in [0.29, 0.717) is 5.78 Å². The molecule has 0 saturated carbocycles. The maximum Gasteiger partial charge on any atom is 0.163 e. The number of aryl methyl sites for hydroxylation is 2. The Morgan fingerprint density at radius 3 is 2.53 bits per heavy atom. The molecule has 2 aliphatic carbocycles. The quantitative estimate of drug-likeness (QED) is 0.588. The maximum absolute atomic E-state index is 11.8. The van der Waals surface area contributed by atoms with Crippen molar-refractivity contribution in [3.8, 4) is 0 Å². The van der Waals surface area contributed by atoms with Crippen molar-refractivity contribution in [2.75, 3.05) is 0 Å². The Balaban J connectivity index is 2.17. The molecule has 0 saturated heterocycles. The van der Waals surface area contributed by atoms with E-state index >= 15 is 0 Å². The van der Waals surface area contributed by atoms with E-state index in [4.69, 9.17) is 0 Å². The number of rotatable bonds is 0. The summed E-state index contributed by atoms with van der Waals surface area (Å²) < 4.78 is 0. The van der Waals surface area contributed by atoms with Crippen LogP contribution < -0.4 is 0 Å². The van der Waals surface area contributed by atoms with Crippen LogP contribution in [0.1, 0.15) is 52.7 Å². The van der Waals surface area contributed by atoms with Gasteiger partial charge in [0.2, 0.25) is 0 Å². The summed E-state index contributed by atoms with van der Waals surface area (Å²) in [5.74, 6) is 0.392. The molecule has 78 valence electrons. The lowest BCUT2D eigenvalue weighted by Gasteiger charge is -2.10. The van der Waals surface area contributed by atoms with E-state index in [-0.39, 0.29) is 0 Å². The summed E-state index contributed by atoms with van der Waals surface area (Å²) in [5, 5.41) is 0. The van der Waals surface area contributed by atoms with Crippen LogP contribution in [0.3, 0.4) is 0 Å². The third-order valence-corrected chi connectivity index (χ3v) is 3.77. The van der Waals surface area contributed by atoms with Crippen molar-refractivity contribution >= 4 is 5.78 Å². The monoisotopic (exact) mass is 200 g/mol. The van der Waals surface area contributed by atoms with Crippen molar-refractivity contribution in [3.05, 3.63) is 34.4 Å². The molecular weight excluding hydrogens is 184 g/mol. The Bertz CT molecular complexity index is 418. The van der Waals surface area contributed by atoms with E-state index in [0.717, 1.165) is 24.8 Å². The lowest BCUT2D eigenvalue weighted by molar-refractivity contribution is 0.0993. The van der Waals surface area contributed by atoms with Crippen molar-refractivity contribution in [3.63, 3.8) is 0 Å². The molecule has 0 fully saturated rings. The lowest BCUT2D eigenvalue weighted by Crippen LogP contribution is -2.02. The molecule has 0 heterocycles. The van der Waals surface area contributed by atoms with Gasteiger partial charge in [-0.15, -0.1) is 0 Å². The third kappa shape index (κ3) is 1.41. The van der Waals surface area contributed by atoms with Crippen LogP contribution in [-0.2, 0) is 19.3 Å². The molecule has 0 unspecified atom stereocenters. The zero-order chi connectivity index (χ0) is 10.3. The van der Waals surface area contributed by atoms with E-state index in [1.807, 2.05) is 0 Å². The molecule has 0 spiro atoms. The normalized spacial score (nSPS) is 19.6. The standard InChI is InChI=1S/C14H16O/c15-13-9-8-11-7-6-10-4-2-1-3-5-12(10)14(11)13/h6-7H,1-5,8-9H2. The second-order valence-electron chi connectivity index (χ2n) is 4.72.